The second-order valence-corrected chi connectivity index (χ2v) is 9.24. The number of anilines is 1. The van der Waals surface area contributed by atoms with Crippen molar-refractivity contribution in [3.8, 4) is 6.07 Å². The molecule has 35 heavy (non-hydrogen) atoms. The first-order chi connectivity index (χ1) is 17.0. The van der Waals surface area contributed by atoms with Gasteiger partial charge >= 0.3 is 0 Å². The number of thiocarbonyl (C=S) groups is 1. The Kier molecular flexibility index (Phi) is 8.15. The van der Waals surface area contributed by atoms with Gasteiger partial charge in [0.05, 0.1) is 18.0 Å². The van der Waals surface area contributed by atoms with Crippen LogP contribution >= 0.6 is 23.8 Å². The number of hydrogen-bond acceptors (Lipinski definition) is 3. The van der Waals surface area contributed by atoms with Crippen molar-refractivity contribution < 1.29 is 0 Å². The van der Waals surface area contributed by atoms with Crippen molar-refractivity contribution in [3.05, 3.63) is 118 Å². The highest BCUT2D eigenvalue weighted by atomic mass is 35.5. The molecular formula is C28H26ClN5S. The van der Waals surface area contributed by atoms with E-state index in [1.165, 1.54) is 5.56 Å². The first-order valence-electron chi connectivity index (χ1n) is 11.4. The van der Waals surface area contributed by atoms with Crippen LogP contribution in [0.1, 0.15) is 27.9 Å². The maximum atomic E-state index is 9.03. The standard InChI is InChI=1S/C28H26ClN5S/c1-21-5-11-26(12-6-21)32-28(35)33(19-24-3-2-4-25(29)15-24)14-13-27-17-31-20-34(27)18-23-9-7-22(16-30)8-10-23/h2-12,15,17,20H,13-14,18-19H2,1H3,(H,32,35). The van der Waals surface area contributed by atoms with Crippen molar-refractivity contribution in [1.29, 1.82) is 5.26 Å². The lowest BCUT2D eigenvalue weighted by atomic mass is 10.1. The molecule has 0 spiro atoms. The normalized spacial score (nSPS) is 10.5. The van der Waals surface area contributed by atoms with E-state index in [1.807, 2.05) is 67.1 Å². The minimum Gasteiger partial charge on any atom is -0.344 e. The third-order valence-electron chi connectivity index (χ3n) is 5.72. The molecule has 0 aliphatic carbocycles. The summed E-state index contributed by atoms with van der Waals surface area (Å²) in [4.78, 5) is 6.53. The average molecular weight is 500 g/mol. The third kappa shape index (κ3) is 6.92. The van der Waals surface area contributed by atoms with E-state index in [2.05, 4.69) is 51.0 Å². The fraction of sp³-hybridized carbons (Fsp3) is 0.179. The molecule has 7 heteroatoms. The van der Waals surface area contributed by atoms with Gasteiger partial charge in [-0.3, -0.25) is 0 Å². The molecule has 0 aliphatic heterocycles. The predicted molar refractivity (Wildman–Crippen MR) is 145 cm³/mol. The summed E-state index contributed by atoms with van der Waals surface area (Å²) in [5, 5.41) is 13.8. The average Bonchev–Trinajstić information content (AvgIpc) is 3.30. The summed E-state index contributed by atoms with van der Waals surface area (Å²) in [6.07, 6.45) is 4.52. The van der Waals surface area contributed by atoms with Crippen LogP contribution in [0.2, 0.25) is 5.02 Å². The fourth-order valence-electron chi connectivity index (χ4n) is 3.78. The van der Waals surface area contributed by atoms with E-state index in [0.717, 1.165) is 28.9 Å². The van der Waals surface area contributed by atoms with Gasteiger partial charge in [-0.25, -0.2) is 4.98 Å². The van der Waals surface area contributed by atoms with Crippen molar-refractivity contribution in [2.75, 3.05) is 11.9 Å². The summed E-state index contributed by atoms with van der Waals surface area (Å²) in [7, 11) is 0. The molecule has 1 N–H and O–H groups in total. The van der Waals surface area contributed by atoms with Crippen LogP contribution in [0.25, 0.3) is 0 Å². The van der Waals surface area contributed by atoms with Crippen LogP contribution in [-0.4, -0.2) is 26.1 Å². The van der Waals surface area contributed by atoms with Crippen LogP contribution in [0.4, 0.5) is 5.69 Å². The van der Waals surface area contributed by atoms with E-state index in [1.54, 1.807) is 0 Å². The van der Waals surface area contributed by atoms with Gasteiger partial charge in [0.2, 0.25) is 0 Å². The van der Waals surface area contributed by atoms with Gasteiger partial charge in [0.25, 0.3) is 0 Å². The first-order valence-corrected chi connectivity index (χ1v) is 12.1. The summed E-state index contributed by atoms with van der Waals surface area (Å²) < 4.78 is 2.13. The molecule has 1 heterocycles. The van der Waals surface area contributed by atoms with Crippen molar-refractivity contribution in [3.63, 3.8) is 0 Å². The predicted octanol–water partition coefficient (Wildman–Crippen LogP) is 6.21. The summed E-state index contributed by atoms with van der Waals surface area (Å²) in [5.74, 6) is 0. The molecule has 0 bridgehead atoms. The zero-order valence-corrected chi connectivity index (χ0v) is 21.1. The molecular weight excluding hydrogens is 474 g/mol. The quantitative estimate of drug-likeness (QED) is 0.292. The number of imidazole rings is 1. The highest BCUT2D eigenvalue weighted by molar-refractivity contribution is 7.80. The lowest BCUT2D eigenvalue weighted by Crippen LogP contribution is -2.36. The van der Waals surface area contributed by atoms with E-state index in [0.29, 0.717) is 35.3 Å². The second-order valence-electron chi connectivity index (χ2n) is 8.42. The zero-order valence-electron chi connectivity index (χ0n) is 19.5. The number of nitrogens with zero attached hydrogens (tertiary/aromatic N) is 4. The molecule has 4 aromatic rings. The summed E-state index contributed by atoms with van der Waals surface area (Å²) in [6, 6.07) is 25.9. The van der Waals surface area contributed by atoms with Crippen LogP contribution in [0.5, 0.6) is 0 Å². The number of aryl methyl sites for hydroxylation is 1. The van der Waals surface area contributed by atoms with Gasteiger partial charge in [-0.05, 0) is 66.7 Å². The lowest BCUT2D eigenvalue weighted by Gasteiger charge is -2.26. The first kappa shape index (κ1) is 24.5. The Morgan fingerprint density at radius 3 is 2.57 bits per heavy atom. The molecule has 1 aromatic heterocycles. The fourth-order valence-corrected chi connectivity index (χ4v) is 4.26. The van der Waals surface area contributed by atoms with Crippen LogP contribution in [0.15, 0.2) is 85.3 Å². The van der Waals surface area contributed by atoms with E-state index in [4.69, 9.17) is 29.1 Å². The molecule has 0 saturated heterocycles. The van der Waals surface area contributed by atoms with Gasteiger partial charge in [0, 0.05) is 48.7 Å². The minimum absolute atomic E-state index is 0.641. The van der Waals surface area contributed by atoms with Gasteiger partial charge in [-0.2, -0.15) is 5.26 Å². The Morgan fingerprint density at radius 2 is 1.86 bits per heavy atom. The Balaban J connectivity index is 1.47. The van der Waals surface area contributed by atoms with E-state index in [9.17, 15) is 0 Å². The van der Waals surface area contributed by atoms with Crippen LogP contribution < -0.4 is 5.32 Å². The number of aromatic nitrogens is 2. The van der Waals surface area contributed by atoms with Crippen LogP contribution in [0, 0.1) is 18.3 Å². The van der Waals surface area contributed by atoms with E-state index < -0.39 is 0 Å². The number of hydrogen-bond donors (Lipinski definition) is 1. The number of halogens is 1. The molecule has 0 fully saturated rings. The second kappa shape index (κ2) is 11.7. The van der Waals surface area contributed by atoms with Gasteiger partial charge in [-0.1, -0.05) is 53.6 Å². The SMILES string of the molecule is Cc1ccc(NC(=S)N(CCc2cncn2Cc2ccc(C#N)cc2)Cc2cccc(Cl)c2)cc1. The molecule has 0 atom stereocenters. The summed E-state index contributed by atoms with van der Waals surface area (Å²) >= 11 is 12.0. The van der Waals surface area contributed by atoms with E-state index >= 15 is 0 Å². The number of benzene rings is 3. The number of nitriles is 1. The third-order valence-corrected chi connectivity index (χ3v) is 6.32. The van der Waals surface area contributed by atoms with E-state index in [-0.39, 0.29) is 0 Å². The molecule has 5 nitrogen and oxygen atoms in total. The topological polar surface area (TPSA) is 56.9 Å². The largest absolute Gasteiger partial charge is 0.344 e. The van der Waals surface area contributed by atoms with Gasteiger partial charge in [0.15, 0.2) is 5.11 Å². The molecule has 176 valence electrons. The molecule has 0 saturated carbocycles. The van der Waals surface area contributed by atoms with Crippen molar-refractivity contribution in [2.24, 2.45) is 0 Å². The number of rotatable bonds is 8. The van der Waals surface area contributed by atoms with Gasteiger partial charge < -0.3 is 14.8 Å². The van der Waals surface area contributed by atoms with Gasteiger partial charge in [0.1, 0.15) is 0 Å². The Bertz CT molecular complexity index is 1320. The van der Waals surface area contributed by atoms with Gasteiger partial charge in [-0.15, -0.1) is 0 Å². The number of nitrogens with one attached hydrogen (secondary N) is 1. The maximum Gasteiger partial charge on any atom is 0.173 e. The smallest absolute Gasteiger partial charge is 0.173 e. The van der Waals surface area contributed by atoms with Crippen LogP contribution in [-0.2, 0) is 19.5 Å². The molecule has 4 rings (SSSR count). The van der Waals surface area contributed by atoms with Crippen molar-refractivity contribution in [1.82, 2.24) is 14.5 Å². The van der Waals surface area contributed by atoms with Crippen LogP contribution in [0.3, 0.4) is 0 Å². The molecule has 3 aromatic carbocycles. The molecule has 0 radical (unpaired) electrons. The Hall–Kier alpha value is -3.66. The monoisotopic (exact) mass is 499 g/mol. The molecule has 0 unspecified atom stereocenters. The summed E-state index contributed by atoms with van der Waals surface area (Å²) in [5.41, 5.74) is 6.15. The van der Waals surface area contributed by atoms with Crippen molar-refractivity contribution >= 4 is 34.6 Å². The lowest BCUT2D eigenvalue weighted by molar-refractivity contribution is 0.418. The Morgan fingerprint density at radius 1 is 1.09 bits per heavy atom. The highest BCUT2D eigenvalue weighted by Crippen LogP contribution is 2.16. The van der Waals surface area contributed by atoms with Crippen molar-refractivity contribution in [2.45, 2.75) is 26.4 Å². The molecule has 0 amide bonds. The maximum absolute atomic E-state index is 9.03. The zero-order chi connectivity index (χ0) is 24.6. The Labute approximate surface area is 216 Å². The molecule has 0 aliphatic rings. The minimum atomic E-state index is 0.641. The summed E-state index contributed by atoms with van der Waals surface area (Å²) in [6.45, 7) is 4.11. The highest BCUT2D eigenvalue weighted by Gasteiger charge is 2.13.